The number of carboxylic acid groups (broad SMARTS) is 1. The second-order valence-electron chi connectivity index (χ2n) is 25.6. The molecule has 10 amide bonds. The fourth-order valence-corrected chi connectivity index (χ4v) is 11.4. The molecule has 0 saturated carbocycles. The number of likely N-dealkylation sites (tertiary alicyclic amines) is 2. The number of hydrogen-bond acceptors (Lipinski definition) is 13. The molecule has 0 unspecified atom stereocenters. The van der Waals surface area contributed by atoms with Crippen LogP contribution >= 0.6 is 0 Å². The molecular formula is C65H101N13O13. The SMILES string of the molecule is CC[C@H](C)[C@H](NC(=O)[C@H](CCCN=C(N)N)NC(=O)[C@H](CC(=O)O)NC(=O)[C@H](CC(C)C)N(C)C(=O)[C@@H]1C[C@@H](O)CN1C(=O)[C@H](CC(C)C)NC(=O)[C@@H](CC(C)C)NC(=O)[C@H](Cc1ccccc1)NC(=O)[C@H]1CCCN(C(=O)CCCc2ccccc2)C1)C(N)=O. The molecule has 2 aliphatic heterocycles. The zero-order chi connectivity index (χ0) is 67.6. The Labute approximate surface area is 535 Å². The highest BCUT2D eigenvalue weighted by Crippen LogP contribution is 2.26. The van der Waals surface area contributed by atoms with Gasteiger partial charge in [0.1, 0.15) is 48.3 Å². The molecule has 0 aliphatic carbocycles. The van der Waals surface area contributed by atoms with E-state index in [0.717, 1.165) is 27.3 Å². The number of aliphatic carboxylic acids is 1. The van der Waals surface area contributed by atoms with E-state index in [-0.39, 0.29) is 94.2 Å². The van der Waals surface area contributed by atoms with Crippen LogP contribution in [0.15, 0.2) is 65.7 Å². The number of aliphatic hydroxyl groups excluding tert-OH is 1. The number of primary amides is 1. The lowest BCUT2D eigenvalue weighted by molar-refractivity contribution is -0.149. The fraction of sp³-hybridized carbons (Fsp3) is 0.631. The van der Waals surface area contributed by atoms with Crippen molar-refractivity contribution in [3.8, 4) is 0 Å². The molecule has 2 heterocycles. The van der Waals surface area contributed by atoms with Gasteiger partial charge in [0.05, 0.1) is 18.4 Å². The summed E-state index contributed by atoms with van der Waals surface area (Å²) in [5, 5.41) is 37.3. The molecule has 26 nitrogen and oxygen atoms in total. The smallest absolute Gasteiger partial charge is 0.305 e. The minimum absolute atomic E-state index is 0.0281. The van der Waals surface area contributed by atoms with Crippen molar-refractivity contribution in [1.82, 2.24) is 46.6 Å². The number of nitrogens with one attached hydrogen (secondary N) is 6. The fourth-order valence-electron chi connectivity index (χ4n) is 11.4. The summed E-state index contributed by atoms with van der Waals surface area (Å²) in [6.07, 6.45) is 1.09. The summed E-state index contributed by atoms with van der Waals surface area (Å²) in [4.78, 5) is 161. The lowest BCUT2D eigenvalue weighted by Crippen LogP contribution is -2.61. The Morgan fingerprint density at radius 3 is 1.79 bits per heavy atom. The van der Waals surface area contributed by atoms with E-state index in [9.17, 15) is 63.0 Å². The minimum Gasteiger partial charge on any atom is -0.481 e. The Kier molecular flexibility index (Phi) is 30.8. The van der Waals surface area contributed by atoms with Crippen molar-refractivity contribution >= 4 is 71.0 Å². The lowest BCUT2D eigenvalue weighted by Gasteiger charge is -2.35. The second-order valence-corrected chi connectivity index (χ2v) is 25.6. The van der Waals surface area contributed by atoms with E-state index in [4.69, 9.17) is 17.2 Å². The van der Waals surface area contributed by atoms with Gasteiger partial charge in [0.2, 0.25) is 59.1 Å². The van der Waals surface area contributed by atoms with Crippen LogP contribution in [0.2, 0.25) is 0 Å². The molecule has 504 valence electrons. The van der Waals surface area contributed by atoms with Gasteiger partial charge in [-0.25, -0.2) is 0 Å². The van der Waals surface area contributed by atoms with Gasteiger partial charge in [0, 0.05) is 52.5 Å². The van der Waals surface area contributed by atoms with Crippen LogP contribution in [0.4, 0.5) is 0 Å². The number of benzene rings is 2. The molecule has 2 fully saturated rings. The number of aliphatic hydroxyl groups is 1. The van der Waals surface area contributed by atoms with E-state index < -0.39 is 132 Å². The minimum atomic E-state index is -1.81. The molecule has 2 aromatic carbocycles. The molecule has 26 heteroatoms. The van der Waals surface area contributed by atoms with E-state index in [1.807, 2.05) is 76.2 Å². The number of likely N-dealkylation sites (N-methyl/N-ethyl adjacent to an activating group) is 1. The predicted octanol–water partition coefficient (Wildman–Crippen LogP) is 1.39. The Bertz CT molecular complexity index is 2800. The molecule has 2 aliphatic rings. The highest BCUT2D eigenvalue weighted by molar-refractivity contribution is 5.99. The van der Waals surface area contributed by atoms with Crippen molar-refractivity contribution in [1.29, 1.82) is 0 Å². The Hall–Kier alpha value is -8.16. The largest absolute Gasteiger partial charge is 0.481 e. The Morgan fingerprint density at radius 2 is 1.21 bits per heavy atom. The summed E-state index contributed by atoms with van der Waals surface area (Å²) in [6, 6.07) is 8.18. The Balaban J connectivity index is 1.55. The molecular weight excluding hydrogens is 1170 g/mol. The van der Waals surface area contributed by atoms with Gasteiger partial charge in [-0.15, -0.1) is 0 Å². The standard InChI is InChI=1S/C65H101N13O13/c1-10-41(8)55(56(66)83)75-58(85)46(26-18-28-69-65(67)68)70-61(88)49(35-54(81)82)73-62(89)51(32-40(6)7)76(9)64(91)52-34-45(79)37-78(52)63(90)50(31-39(4)5)74-59(86)47(30-38(2)3)72-60(87)48(33-43-22-15-12-16-23-43)71-57(84)44-25-19-29-77(36-44)53(80)27-17-24-42-20-13-11-14-21-42/h11-16,20-23,38-41,44-52,55,79H,10,17-19,24-37H2,1-9H3,(H2,66,83)(H,70,88)(H,71,84)(H,72,87)(H,73,89)(H,74,86)(H,75,85)(H,81,82)(H4,67,68,69)/t41-,44-,45+,46-,47+,48-,49-,50-,51-,52-,55-/m0/s1. The molecule has 0 aromatic heterocycles. The van der Waals surface area contributed by atoms with Gasteiger partial charge in [-0.2, -0.15) is 0 Å². The van der Waals surface area contributed by atoms with Crippen molar-refractivity contribution in [3.05, 3.63) is 71.8 Å². The van der Waals surface area contributed by atoms with E-state index in [1.54, 1.807) is 44.7 Å². The van der Waals surface area contributed by atoms with Crippen LogP contribution in [0.3, 0.4) is 0 Å². The first-order chi connectivity index (χ1) is 43.0. The number of carboxylic acids is 1. The molecule has 2 aromatic rings. The summed E-state index contributed by atoms with van der Waals surface area (Å²) in [5.41, 5.74) is 18.4. The van der Waals surface area contributed by atoms with Gasteiger partial charge in [0.25, 0.3) is 0 Å². The summed E-state index contributed by atoms with van der Waals surface area (Å²) >= 11 is 0. The number of aryl methyl sites for hydroxylation is 1. The summed E-state index contributed by atoms with van der Waals surface area (Å²) in [7, 11) is 1.30. The van der Waals surface area contributed by atoms with Gasteiger partial charge in [-0.1, -0.05) is 122 Å². The van der Waals surface area contributed by atoms with Gasteiger partial charge in [0.15, 0.2) is 5.96 Å². The molecule has 2 saturated heterocycles. The molecule has 14 N–H and O–H groups in total. The third-order valence-corrected chi connectivity index (χ3v) is 16.5. The first-order valence-corrected chi connectivity index (χ1v) is 32.0. The van der Waals surface area contributed by atoms with Gasteiger partial charge in [-0.05, 0) is 92.6 Å². The lowest BCUT2D eigenvalue weighted by atomic mass is 9.95. The quantitative estimate of drug-likeness (QED) is 0.0261. The molecule has 0 radical (unpaired) electrons. The molecule has 4 rings (SSSR count). The zero-order valence-electron chi connectivity index (χ0n) is 54.5. The maximum Gasteiger partial charge on any atom is 0.305 e. The number of rotatable bonds is 36. The predicted molar refractivity (Wildman–Crippen MR) is 342 cm³/mol. The normalized spacial score (nSPS) is 18.3. The van der Waals surface area contributed by atoms with Crippen molar-refractivity contribution in [2.45, 2.75) is 200 Å². The van der Waals surface area contributed by atoms with Crippen LogP contribution in [0.1, 0.15) is 144 Å². The third kappa shape index (κ3) is 24.9. The first-order valence-electron chi connectivity index (χ1n) is 32.0. The van der Waals surface area contributed by atoms with E-state index in [2.05, 4.69) is 36.9 Å². The van der Waals surface area contributed by atoms with Crippen LogP contribution in [0.5, 0.6) is 0 Å². The number of guanidine groups is 1. The topological polar surface area (TPSA) is 401 Å². The van der Waals surface area contributed by atoms with Gasteiger partial charge < -0.3 is 74.0 Å². The van der Waals surface area contributed by atoms with E-state index in [0.29, 0.717) is 38.6 Å². The number of nitrogens with zero attached hydrogens (tertiary/aromatic N) is 4. The number of β-amino-alcohol motifs (C(OH)–C–C–N with tert-alkyl or cyclic N) is 1. The average Bonchev–Trinajstić information content (AvgIpc) is 1.75. The highest BCUT2D eigenvalue weighted by atomic mass is 16.4. The number of carbonyl (C=O) groups excluding carboxylic acids is 10. The van der Waals surface area contributed by atoms with Crippen molar-refractivity contribution in [2.24, 2.45) is 51.8 Å². The molecule has 11 atom stereocenters. The number of nitrogens with two attached hydrogens (primary N) is 3. The van der Waals surface area contributed by atoms with E-state index >= 15 is 0 Å². The van der Waals surface area contributed by atoms with Crippen LogP contribution in [0, 0.1) is 29.6 Å². The number of carbonyl (C=O) groups is 11. The number of piperidine rings is 1. The summed E-state index contributed by atoms with van der Waals surface area (Å²) < 4.78 is 0. The highest BCUT2D eigenvalue weighted by Gasteiger charge is 2.46. The maximum atomic E-state index is 14.9. The maximum absolute atomic E-state index is 14.9. The monoisotopic (exact) mass is 1270 g/mol. The van der Waals surface area contributed by atoms with Gasteiger partial charge in [-0.3, -0.25) is 57.7 Å². The van der Waals surface area contributed by atoms with E-state index in [1.165, 1.54) is 7.05 Å². The zero-order valence-corrected chi connectivity index (χ0v) is 54.5. The number of amides is 10. The number of aliphatic imine (C=N–C) groups is 1. The van der Waals surface area contributed by atoms with Crippen molar-refractivity contribution in [2.75, 3.05) is 33.2 Å². The van der Waals surface area contributed by atoms with Crippen molar-refractivity contribution in [3.63, 3.8) is 0 Å². The Morgan fingerprint density at radius 1 is 0.659 bits per heavy atom. The van der Waals surface area contributed by atoms with Crippen LogP contribution < -0.4 is 49.1 Å². The molecule has 0 bridgehead atoms. The number of hydrogen-bond donors (Lipinski definition) is 11. The average molecular weight is 1270 g/mol. The summed E-state index contributed by atoms with van der Waals surface area (Å²) in [5.74, 6) is -10.4. The first kappa shape index (κ1) is 75.3. The van der Waals surface area contributed by atoms with Crippen molar-refractivity contribution < 1.29 is 63.0 Å². The van der Waals surface area contributed by atoms with Crippen LogP contribution in [-0.2, 0) is 65.6 Å². The van der Waals surface area contributed by atoms with Crippen LogP contribution in [0.25, 0.3) is 0 Å². The van der Waals surface area contributed by atoms with Gasteiger partial charge >= 0.3 is 5.97 Å². The molecule has 0 spiro atoms. The van der Waals surface area contributed by atoms with Crippen LogP contribution in [-0.4, -0.2) is 184 Å². The summed E-state index contributed by atoms with van der Waals surface area (Å²) in [6.45, 7) is 14.8. The third-order valence-electron chi connectivity index (χ3n) is 16.5. The molecule has 91 heavy (non-hydrogen) atoms. The second kappa shape index (κ2) is 37.2.